The van der Waals surface area contributed by atoms with Crippen LogP contribution >= 0.6 is 0 Å². The van der Waals surface area contributed by atoms with E-state index in [2.05, 4.69) is 12.1 Å². The smallest absolute Gasteiger partial charge is 0.344 e. The molecular formula is C14H18N2O3. The van der Waals surface area contributed by atoms with Crippen molar-refractivity contribution in [2.45, 2.75) is 13.0 Å². The average Bonchev–Trinajstić information content (AvgIpc) is 2.70. The quantitative estimate of drug-likeness (QED) is 0.710. The van der Waals surface area contributed by atoms with E-state index in [1.165, 1.54) is 16.2 Å². The highest BCUT2D eigenvalue weighted by Crippen LogP contribution is 2.17. The van der Waals surface area contributed by atoms with E-state index in [9.17, 15) is 4.79 Å². The average molecular weight is 262 g/mol. The number of benzene rings is 1. The molecule has 0 radical (unpaired) electrons. The number of fused-ring (bicyclic) bond motifs is 1. The molecule has 0 saturated carbocycles. The molecule has 0 atom stereocenters. The number of carbonyl (C=O) groups excluding carboxylic acids is 1. The van der Waals surface area contributed by atoms with Gasteiger partial charge in [-0.15, -0.1) is 0 Å². The summed E-state index contributed by atoms with van der Waals surface area (Å²) in [6.07, 6.45) is 0.840. The number of urea groups is 1. The number of hydrogen-bond acceptors (Lipinski definition) is 3. The molecule has 0 N–H and O–H groups in total. The van der Waals surface area contributed by atoms with Crippen LogP contribution in [0.4, 0.5) is 4.79 Å². The van der Waals surface area contributed by atoms with Gasteiger partial charge >= 0.3 is 6.03 Å². The summed E-state index contributed by atoms with van der Waals surface area (Å²) in [4.78, 5) is 19.8. The Morgan fingerprint density at radius 3 is 2.58 bits per heavy atom. The maximum Gasteiger partial charge on any atom is 0.344 e. The molecule has 0 unspecified atom stereocenters. The summed E-state index contributed by atoms with van der Waals surface area (Å²) in [6, 6.07) is 8.13. The predicted octanol–water partition coefficient (Wildman–Crippen LogP) is 1.43. The summed E-state index contributed by atoms with van der Waals surface area (Å²) >= 11 is 0. The molecule has 1 aromatic rings. The van der Waals surface area contributed by atoms with Crippen LogP contribution in [0.5, 0.6) is 0 Å². The van der Waals surface area contributed by atoms with Gasteiger partial charge in [0.25, 0.3) is 0 Å². The van der Waals surface area contributed by atoms with Gasteiger partial charge in [-0.25, -0.2) is 9.86 Å². The van der Waals surface area contributed by atoms with Crippen molar-refractivity contribution in [1.29, 1.82) is 0 Å². The molecule has 5 heteroatoms. The molecule has 0 aliphatic carbocycles. The molecule has 2 aliphatic heterocycles. The molecule has 0 spiro atoms. The minimum absolute atomic E-state index is 0.0453. The molecule has 0 bridgehead atoms. The van der Waals surface area contributed by atoms with E-state index in [0.717, 1.165) is 6.42 Å². The van der Waals surface area contributed by atoms with Gasteiger partial charge in [-0.1, -0.05) is 24.3 Å². The monoisotopic (exact) mass is 262 g/mol. The highest BCUT2D eigenvalue weighted by Gasteiger charge is 2.25. The minimum Gasteiger partial charge on any atom is -0.378 e. The Kier molecular flexibility index (Phi) is 3.66. The van der Waals surface area contributed by atoms with Gasteiger partial charge in [0.05, 0.1) is 19.8 Å². The number of rotatable bonds is 0. The van der Waals surface area contributed by atoms with Crippen molar-refractivity contribution in [3.05, 3.63) is 35.4 Å². The second-order valence-corrected chi connectivity index (χ2v) is 4.78. The van der Waals surface area contributed by atoms with Crippen LogP contribution in [0.3, 0.4) is 0 Å². The fourth-order valence-corrected chi connectivity index (χ4v) is 2.44. The van der Waals surface area contributed by atoms with E-state index in [-0.39, 0.29) is 6.03 Å². The Hall–Kier alpha value is -1.59. The van der Waals surface area contributed by atoms with Crippen molar-refractivity contribution in [3.8, 4) is 0 Å². The second kappa shape index (κ2) is 5.59. The second-order valence-electron chi connectivity index (χ2n) is 4.78. The van der Waals surface area contributed by atoms with Crippen LogP contribution < -0.4 is 0 Å². The zero-order valence-electron chi connectivity index (χ0n) is 10.9. The lowest BCUT2D eigenvalue weighted by atomic mass is 10.1. The third kappa shape index (κ3) is 2.72. The number of amides is 2. The maximum atomic E-state index is 12.3. The Labute approximate surface area is 112 Å². The Morgan fingerprint density at radius 1 is 1.05 bits per heavy atom. The van der Waals surface area contributed by atoms with E-state index < -0.39 is 0 Å². The molecule has 102 valence electrons. The molecule has 2 amide bonds. The third-order valence-electron chi connectivity index (χ3n) is 3.57. The van der Waals surface area contributed by atoms with Crippen LogP contribution in [0.15, 0.2) is 24.3 Å². The van der Waals surface area contributed by atoms with Gasteiger partial charge in [-0.2, -0.15) is 0 Å². The van der Waals surface area contributed by atoms with Crippen LogP contribution in [0, 0.1) is 0 Å². The van der Waals surface area contributed by atoms with Crippen molar-refractivity contribution in [2.24, 2.45) is 0 Å². The largest absolute Gasteiger partial charge is 0.378 e. The minimum atomic E-state index is -0.0453. The van der Waals surface area contributed by atoms with Crippen molar-refractivity contribution in [2.75, 3.05) is 32.8 Å². The summed E-state index contributed by atoms with van der Waals surface area (Å²) in [7, 11) is 0. The molecule has 2 heterocycles. The SMILES string of the molecule is O=C(N1CCOCC1)N1CCc2ccccc2CO1. The Morgan fingerprint density at radius 2 is 1.79 bits per heavy atom. The lowest BCUT2D eigenvalue weighted by Crippen LogP contribution is -2.48. The highest BCUT2D eigenvalue weighted by atomic mass is 16.7. The summed E-state index contributed by atoms with van der Waals surface area (Å²) < 4.78 is 5.26. The van der Waals surface area contributed by atoms with Gasteiger partial charge in [0, 0.05) is 13.1 Å². The lowest BCUT2D eigenvalue weighted by molar-refractivity contribution is -0.135. The molecular weight excluding hydrogens is 244 g/mol. The van der Waals surface area contributed by atoms with Crippen molar-refractivity contribution >= 4 is 6.03 Å². The number of nitrogens with zero attached hydrogens (tertiary/aromatic N) is 2. The first-order chi connectivity index (χ1) is 9.34. The first-order valence-electron chi connectivity index (χ1n) is 6.68. The first-order valence-corrected chi connectivity index (χ1v) is 6.68. The normalized spacial score (nSPS) is 19.8. The van der Waals surface area contributed by atoms with Crippen LogP contribution in [-0.4, -0.2) is 48.8 Å². The van der Waals surface area contributed by atoms with E-state index in [1.807, 2.05) is 12.1 Å². The van der Waals surface area contributed by atoms with E-state index >= 15 is 0 Å². The number of ether oxygens (including phenoxy) is 1. The van der Waals surface area contributed by atoms with Gasteiger partial charge in [-0.05, 0) is 17.5 Å². The zero-order chi connectivity index (χ0) is 13.1. The van der Waals surface area contributed by atoms with Crippen molar-refractivity contribution < 1.29 is 14.4 Å². The first kappa shape index (κ1) is 12.4. The summed E-state index contributed by atoms with van der Waals surface area (Å²) in [6.45, 7) is 3.58. The standard InChI is InChI=1S/C14H18N2O3/c17-14(15-7-9-18-10-8-15)16-6-5-12-3-1-2-4-13(12)11-19-16/h1-4H,5-11H2. The van der Waals surface area contributed by atoms with Crippen LogP contribution in [-0.2, 0) is 22.6 Å². The Balaban J connectivity index is 1.66. The number of hydroxylamine groups is 2. The number of hydrogen-bond donors (Lipinski definition) is 0. The van der Waals surface area contributed by atoms with Crippen molar-refractivity contribution in [1.82, 2.24) is 9.96 Å². The molecule has 3 rings (SSSR count). The fraction of sp³-hybridized carbons (Fsp3) is 0.500. The molecule has 0 aromatic heterocycles. The molecule has 1 aromatic carbocycles. The molecule has 2 aliphatic rings. The molecule has 1 saturated heterocycles. The predicted molar refractivity (Wildman–Crippen MR) is 69.4 cm³/mol. The van der Waals surface area contributed by atoms with Gasteiger partial charge in [0.1, 0.15) is 6.61 Å². The fourth-order valence-electron chi connectivity index (χ4n) is 2.44. The zero-order valence-corrected chi connectivity index (χ0v) is 10.9. The maximum absolute atomic E-state index is 12.3. The van der Waals surface area contributed by atoms with E-state index in [4.69, 9.17) is 9.57 Å². The molecule has 19 heavy (non-hydrogen) atoms. The number of carbonyl (C=O) groups is 1. The van der Waals surface area contributed by atoms with E-state index in [0.29, 0.717) is 39.5 Å². The van der Waals surface area contributed by atoms with Crippen molar-refractivity contribution in [3.63, 3.8) is 0 Å². The highest BCUT2D eigenvalue weighted by molar-refractivity contribution is 5.73. The van der Waals surface area contributed by atoms with Crippen LogP contribution in [0.1, 0.15) is 11.1 Å². The summed E-state index contributed by atoms with van der Waals surface area (Å²) in [5.41, 5.74) is 2.43. The topological polar surface area (TPSA) is 42.0 Å². The molecule has 5 nitrogen and oxygen atoms in total. The van der Waals surface area contributed by atoms with Gasteiger partial charge in [0.2, 0.25) is 0 Å². The van der Waals surface area contributed by atoms with Gasteiger partial charge < -0.3 is 9.64 Å². The number of morpholine rings is 1. The van der Waals surface area contributed by atoms with Gasteiger partial charge in [0.15, 0.2) is 0 Å². The summed E-state index contributed by atoms with van der Waals surface area (Å²) in [5.74, 6) is 0. The van der Waals surface area contributed by atoms with Gasteiger partial charge in [-0.3, -0.25) is 4.84 Å². The lowest BCUT2D eigenvalue weighted by Gasteiger charge is -2.31. The third-order valence-corrected chi connectivity index (χ3v) is 3.57. The van der Waals surface area contributed by atoms with Crippen LogP contribution in [0.25, 0.3) is 0 Å². The van der Waals surface area contributed by atoms with E-state index in [1.54, 1.807) is 4.90 Å². The molecule has 1 fully saturated rings. The Bertz CT molecular complexity index is 431. The van der Waals surface area contributed by atoms with Crippen LogP contribution in [0.2, 0.25) is 0 Å². The summed E-state index contributed by atoms with van der Waals surface area (Å²) in [5, 5.41) is 1.49.